The third-order valence-corrected chi connectivity index (χ3v) is 2.31. The van der Waals surface area contributed by atoms with E-state index in [-0.39, 0.29) is 4.92 Å². The average molecular weight is 196 g/mol. The summed E-state index contributed by atoms with van der Waals surface area (Å²) in [6, 6.07) is -0.417. The fourth-order valence-electron chi connectivity index (χ4n) is 1.37. The zero-order valence-corrected chi connectivity index (χ0v) is 8.43. The van der Waals surface area contributed by atoms with Crippen LogP contribution in [0.2, 0.25) is 0 Å². The average Bonchev–Trinajstić information content (AvgIpc) is 2.19. The highest BCUT2D eigenvalue weighted by molar-refractivity contribution is 5.08. The van der Waals surface area contributed by atoms with Gasteiger partial charge in [0.25, 0.3) is 0 Å². The van der Waals surface area contributed by atoms with Gasteiger partial charge < -0.3 is 4.90 Å². The van der Waals surface area contributed by atoms with Crippen molar-refractivity contribution in [3.05, 3.63) is 34.5 Å². The number of hydrogen-bond acceptors (Lipinski definition) is 3. The highest BCUT2D eigenvalue weighted by atomic mass is 16.6. The van der Waals surface area contributed by atoms with Crippen LogP contribution in [0, 0.1) is 10.1 Å². The Labute approximate surface area is 84.1 Å². The van der Waals surface area contributed by atoms with Crippen LogP contribution < -0.4 is 0 Å². The van der Waals surface area contributed by atoms with Gasteiger partial charge in [-0.05, 0) is 18.7 Å². The molecular weight excluding hydrogens is 180 g/mol. The minimum Gasteiger partial charge on any atom is -0.374 e. The molecular formula is C10H16N2O2. The molecule has 0 aromatic heterocycles. The maximum absolute atomic E-state index is 10.3. The maximum Gasteiger partial charge on any atom is 0.210 e. The van der Waals surface area contributed by atoms with E-state index in [9.17, 15) is 10.1 Å². The van der Waals surface area contributed by atoms with Crippen molar-refractivity contribution in [1.82, 2.24) is 4.90 Å². The molecule has 0 bridgehead atoms. The van der Waals surface area contributed by atoms with Crippen molar-refractivity contribution in [3.63, 3.8) is 0 Å². The van der Waals surface area contributed by atoms with Crippen LogP contribution in [0.25, 0.3) is 0 Å². The van der Waals surface area contributed by atoms with Crippen LogP contribution in [0.1, 0.15) is 19.8 Å². The van der Waals surface area contributed by atoms with Gasteiger partial charge in [-0.1, -0.05) is 12.2 Å². The van der Waals surface area contributed by atoms with Crippen LogP contribution in [-0.4, -0.2) is 29.0 Å². The van der Waals surface area contributed by atoms with Crippen molar-refractivity contribution < 1.29 is 4.92 Å². The van der Waals surface area contributed by atoms with E-state index in [1.54, 1.807) is 6.92 Å². The van der Waals surface area contributed by atoms with Crippen molar-refractivity contribution in [1.29, 1.82) is 0 Å². The smallest absolute Gasteiger partial charge is 0.210 e. The fraction of sp³-hybridized carbons (Fsp3) is 0.600. The third kappa shape index (κ3) is 3.60. The molecule has 0 saturated carbocycles. The van der Waals surface area contributed by atoms with Gasteiger partial charge in [0.1, 0.15) is 0 Å². The summed E-state index contributed by atoms with van der Waals surface area (Å²) in [7, 11) is 0. The molecule has 1 aliphatic rings. The summed E-state index contributed by atoms with van der Waals surface area (Å²) in [5.41, 5.74) is 0. The van der Waals surface area contributed by atoms with E-state index in [2.05, 4.69) is 11.0 Å². The summed E-state index contributed by atoms with van der Waals surface area (Å²) in [5, 5.41) is 10.3. The first kappa shape index (κ1) is 10.8. The van der Waals surface area contributed by atoms with Crippen molar-refractivity contribution in [3.8, 4) is 0 Å². The molecule has 0 aliphatic carbocycles. The molecule has 0 aromatic rings. The Morgan fingerprint density at radius 2 is 2.36 bits per heavy atom. The molecule has 1 aliphatic heterocycles. The van der Waals surface area contributed by atoms with Crippen molar-refractivity contribution in [2.75, 3.05) is 13.1 Å². The first-order chi connectivity index (χ1) is 6.70. The van der Waals surface area contributed by atoms with Gasteiger partial charge in [0.05, 0.1) is 0 Å². The Morgan fingerprint density at radius 1 is 1.57 bits per heavy atom. The predicted molar refractivity (Wildman–Crippen MR) is 55.5 cm³/mol. The number of hydrogen-bond donors (Lipinski definition) is 0. The van der Waals surface area contributed by atoms with E-state index in [0.29, 0.717) is 6.42 Å². The van der Waals surface area contributed by atoms with Crippen LogP contribution in [0.3, 0.4) is 0 Å². The van der Waals surface area contributed by atoms with Crippen LogP contribution in [0.4, 0.5) is 0 Å². The first-order valence-corrected chi connectivity index (χ1v) is 4.91. The van der Waals surface area contributed by atoms with Gasteiger partial charge >= 0.3 is 0 Å². The lowest BCUT2D eigenvalue weighted by Gasteiger charge is -2.20. The highest BCUT2D eigenvalue weighted by Gasteiger charge is 2.12. The van der Waals surface area contributed by atoms with E-state index >= 15 is 0 Å². The number of allylic oxidation sites excluding steroid dienone is 2. The maximum atomic E-state index is 10.3. The van der Waals surface area contributed by atoms with E-state index in [0.717, 1.165) is 19.5 Å². The van der Waals surface area contributed by atoms with Gasteiger partial charge in [-0.2, -0.15) is 0 Å². The molecule has 1 rings (SSSR count). The highest BCUT2D eigenvalue weighted by Crippen LogP contribution is 2.04. The van der Waals surface area contributed by atoms with E-state index in [4.69, 9.17) is 0 Å². The third-order valence-electron chi connectivity index (χ3n) is 2.31. The molecule has 14 heavy (non-hydrogen) atoms. The molecule has 78 valence electrons. The van der Waals surface area contributed by atoms with Gasteiger partial charge in [-0.15, -0.1) is 0 Å². The minimum atomic E-state index is -0.417. The van der Waals surface area contributed by atoms with Crippen LogP contribution >= 0.6 is 0 Å². The number of rotatable bonds is 5. The SMILES string of the molecule is CC(CCCN1C=CC=CC1)[N+](=O)[O-]. The fourth-order valence-corrected chi connectivity index (χ4v) is 1.37. The minimum absolute atomic E-state index is 0.216. The second-order valence-corrected chi connectivity index (χ2v) is 3.54. The van der Waals surface area contributed by atoms with E-state index < -0.39 is 6.04 Å². The lowest BCUT2D eigenvalue weighted by Crippen LogP contribution is -2.22. The second kappa shape index (κ2) is 5.42. The van der Waals surface area contributed by atoms with Crippen molar-refractivity contribution >= 4 is 0 Å². The largest absolute Gasteiger partial charge is 0.374 e. The van der Waals surface area contributed by atoms with Crippen LogP contribution in [0.5, 0.6) is 0 Å². The molecule has 0 radical (unpaired) electrons. The summed E-state index contributed by atoms with van der Waals surface area (Å²) in [6.45, 7) is 3.48. The van der Waals surface area contributed by atoms with Gasteiger partial charge in [0, 0.05) is 31.4 Å². The van der Waals surface area contributed by atoms with Crippen molar-refractivity contribution in [2.24, 2.45) is 0 Å². The Hall–Kier alpha value is -1.32. The topological polar surface area (TPSA) is 46.4 Å². The molecule has 0 aromatic carbocycles. The van der Waals surface area contributed by atoms with Crippen LogP contribution in [-0.2, 0) is 0 Å². The van der Waals surface area contributed by atoms with Crippen molar-refractivity contribution in [2.45, 2.75) is 25.8 Å². The molecule has 1 atom stereocenters. The summed E-state index contributed by atoms with van der Waals surface area (Å²) < 4.78 is 0. The summed E-state index contributed by atoms with van der Waals surface area (Å²) >= 11 is 0. The van der Waals surface area contributed by atoms with Crippen LogP contribution in [0.15, 0.2) is 24.4 Å². The molecule has 1 unspecified atom stereocenters. The normalized spacial score (nSPS) is 17.1. The standard InChI is InChI=1S/C10H16N2O2/c1-10(12(13)14)6-5-9-11-7-3-2-4-8-11/h2-4,7,10H,5-6,8-9H2,1H3. The molecule has 4 heteroatoms. The lowest BCUT2D eigenvalue weighted by molar-refractivity contribution is -0.519. The van der Waals surface area contributed by atoms with E-state index in [1.165, 1.54) is 0 Å². The summed E-state index contributed by atoms with van der Waals surface area (Å²) in [4.78, 5) is 12.3. The van der Waals surface area contributed by atoms with Gasteiger partial charge in [0.2, 0.25) is 6.04 Å². The zero-order valence-electron chi connectivity index (χ0n) is 8.43. The zero-order chi connectivity index (χ0) is 10.4. The van der Waals surface area contributed by atoms with E-state index in [1.807, 2.05) is 18.4 Å². The monoisotopic (exact) mass is 196 g/mol. The summed E-state index contributed by atoms with van der Waals surface area (Å²) in [5.74, 6) is 0. The quantitative estimate of drug-likeness (QED) is 0.497. The Bertz CT molecular complexity index is 249. The Kier molecular flexibility index (Phi) is 4.16. The lowest BCUT2D eigenvalue weighted by atomic mass is 10.2. The summed E-state index contributed by atoms with van der Waals surface area (Å²) in [6.07, 6.45) is 9.63. The van der Waals surface area contributed by atoms with Gasteiger partial charge in [0.15, 0.2) is 0 Å². The molecule has 0 fully saturated rings. The molecule has 0 spiro atoms. The molecule has 0 saturated heterocycles. The van der Waals surface area contributed by atoms with Gasteiger partial charge in [-0.3, -0.25) is 10.1 Å². The molecule has 0 N–H and O–H groups in total. The Balaban J connectivity index is 2.12. The molecule has 1 heterocycles. The molecule has 4 nitrogen and oxygen atoms in total. The number of nitro groups is 1. The van der Waals surface area contributed by atoms with Gasteiger partial charge in [-0.25, -0.2) is 0 Å². The predicted octanol–water partition coefficient (Wildman–Crippen LogP) is 1.82. The Morgan fingerprint density at radius 3 is 2.93 bits per heavy atom. The first-order valence-electron chi connectivity index (χ1n) is 4.91. The number of nitrogens with zero attached hydrogens (tertiary/aromatic N) is 2. The molecule has 0 amide bonds. The second-order valence-electron chi connectivity index (χ2n) is 3.54.